The molecule has 5 heteroatoms. The number of rotatable bonds is 5. The number of aliphatic hydroxyl groups excluding tert-OH is 1. The van der Waals surface area contributed by atoms with Crippen molar-refractivity contribution in [3.8, 4) is 5.69 Å². The molecule has 0 aliphatic carbocycles. The molecule has 0 saturated heterocycles. The van der Waals surface area contributed by atoms with E-state index < -0.39 is 6.10 Å². The highest BCUT2D eigenvalue weighted by atomic mass is 16.3. The van der Waals surface area contributed by atoms with Crippen LogP contribution in [-0.2, 0) is 0 Å². The summed E-state index contributed by atoms with van der Waals surface area (Å²) in [5, 5.41) is 17.4. The first-order valence-electron chi connectivity index (χ1n) is 5.92. The van der Waals surface area contributed by atoms with Crippen LogP contribution in [0.15, 0.2) is 36.5 Å². The molecule has 2 aromatic rings. The van der Waals surface area contributed by atoms with Gasteiger partial charge in [-0.1, -0.05) is 36.8 Å². The molecule has 0 saturated carbocycles. The van der Waals surface area contributed by atoms with Crippen molar-refractivity contribution in [2.24, 2.45) is 0 Å². The largest absolute Gasteiger partial charge is 0.385 e. The lowest BCUT2D eigenvalue weighted by Crippen LogP contribution is -2.23. The standard InChI is InChI=1S/C13H15N3O2/c1-2-6-12(17)13(18)11-9-14-15-16(11)10-7-4-3-5-8-10/h3-5,7-9,12,17H,2,6H2,1H3. The molecule has 5 nitrogen and oxygen atoms in total. The Morgan fingerprint density at radius 2 is 2.11 bits per heavy atom. The molecule has 1 heterocycles. The lowest BCUT2D eigenvalue weighted by Gasteiger charge is -2.09. The van der Waals surface area contributed by atoms with Crippen molar-refractivity contribution >= 4 is 5.78 Å². The van der Waals surface area contributed by atoms with Crippen LogP contribution in [0.1, 0.15) is 30.3 Å². The number of benzene rings is 1. The van der Waals surface area contributed by atoms with E-state index in [1.807, 2.05) is 37.3 Å². The Balaban J connectivity index is 2.31. The second-order valence-corrected chi connectivity index (χ2v) is 4.04. The number of hydrogen-bond donors (Lipinski definition) is 1. The molecule has 0 aliphatic heterocycles. The maximum absolute atomic E-state index is 12.0. The Morgan fingerprint density at radius 1 is 1.39 bits per heavy atom. The number of hydrogen-bond acceptors (Lipinski definition) is 4. The molecule has 94 valence electrons. The zero-order valence-electron chi connectivity index (χ0n) is 10.2. The molecule has 1 atom stereocenters. The van der Waals surface area contributed by atoms with Crippen molar-refractivity contribution < 1.29 is 9.90 Å². The van der Waals surface area contributed by atoms with Crippen LogP contribution in [0.2, 0.25) is 0 Å². The summed E-state index contributed by atoms with van der Waals surface area (Å²) in [7, 11) is 0. The fraction of sp³-hybridized carbons (Fsp3) is 0.308. The zero-order valence-corrected chi connectivity index (χ0v) is 10.2. The SMILES string of the molecule is CCCC(O)C(=O)c1cnnn1-c1ccccc1. The smallest absolute Gasteiger partial charge is 0.211 e. The summed E-state index contributed by atoms with van der Waals surface area (Å²) in [6.45, 7) is 1.92. The van der Waals surface area contributed by atoms with Crippen LogP contribution in [0.4, 0.5) is 0 Å². The van der Waals surface area contributed by atoms with Crippen LogP contribution >= 0.6 is 0 Å². The van der Waals surface area contributed by atoms with Crippen molar-refractivity contribution in [1.82, 2.24) is 15.0 Å². The molecule has 2 rings (SSSR count). The Bertz CT molecular complexity index is 522. The number of para-hydroxylation sites is 1. The van der Waals surface area contributed by atoms with Gasteiger partial charge in [0.15, 0.2) is 0 Å². The summed E-state index contributed by atoms with van der Waals surface area (Å²) < 4.78 is 1.45. The quantitative estimate of drug-likeness (QED) is 0.813. The van der Waals surface area contributed by atoms with E-state index in [4.69, 9.17) is 0 Å². The monoisotopic (exact) mass is 245 g/mol. The van der Waals surface area contributed by atoms with Crippen LogP contribution in [0.5, 0.6) is 0 Å². The predicted molar refractivity (Wildman–Crippen MR) is 66.6 cm³/mol. The Morgan fingerprint density at radius 3 is 2.78 bits per heavy atom. The van der Waals surface area contributed by atoms with Gasteiger partial charge >= 0.3 is 0 Å². The van der Waals surface area contributed by atoms with Crippen molar-refractivity contribution in [3.63, 3.8) is 0 Å². The zero-order chi connectivity index (χ0) is 13.0. The highest BCUT2D eigenvalue weighted by Gasteiger charge is 2.21. The third kappa shape index (κ3) is 2.46. The fourth-order valence-electron chi connectivity index (χ4n) is 1.74. The lowest BCUT2D eigenvalue weighted by atomic mass is 10.1. The number of carbonyl (C=O) groups is 1. The number of aromatic nitrogens is 3. The second kappa shape index (κ2) is 5.55. The highest BCUT2D eigenvalue weighted by Crippen LogP contribution is 2.12. The molecule has 1 aromatic carbocycles. The van der Waals surface area contributed by atoms with Gasteiger partial charge in [0.1, 0.15) is 11.8 Å². The summed E-state index contributed by atoms with van der Waals surface area (Å²) in [5.74, 6) is -0.342. The maximum Gasteiger partial charge on any atom is 0.211 e. The van der Waals surface area contributed by atoms with Gasteiger partial charge in [0.05, 0.1) is 11.9 Å². The van der Waals surface area contributed by atoms with Crippen molar-refractivity contribution in [3.05, 3.63) is 42.2 Å². The molecule has 0 fully saturated rings. The Kier molecular flexibility index (Phi) is 3.84. The molecule has 0 aliphatic rings. The summed E-state index contributed by atoms with van der Waals surface area (Å²) in [5.41, 5.74) is 1.06. The van der Waals surface area contributed by atoms with E-state index in [0.29, 0.717) is 12.1 Å². The fourth-order valence-corrected chi connectivity index (χ4v) is 1.74. The molecule has 0 amide bonds. The van der Waals surface area contributed by atoms with E-state index in [0.717, 1.165) is 12.1 Å². The summed E-state index contributed by atoms with van der Waals surface area (Å²) in [6.07, 6.45) is 1.59. The van der Waals surface area contributed by atoms with Crippen molar-refractivity contribution in [1.29, 1.82) is 0 Å². The molecular weight excluding hydrogens is 230 g/mol. The van der Waals surface area contributed by atoms with E-state index in [9.17, 15) is 9.90 Å². The third-order valence-electron chi connectivity index (χ3n) is 2.67. The van der Waals surface area contributed by atoms with Gasteiger partial charge in [-0.05, 0) is 18.6 Å². The van der Waals surface area contributed by atoms with Gasteiger partial charge in [-0.3, -0.25) is 4.79 Å². The minimum Gasteiger partial charge on any atom is -0.385 e. The van der Waals surface area contributed by atoms with Crippen LogP contribution in [0.3, 0.4) is 0 Å². The molecule has 0 bridgehead atoms. The molecule has 1 unspecified atom stereocenters. The minimum atomic E-state index is -0.990. The first-order chi connectivity index (χ1) is 8.74. The van der Waals surface area contributed by atoms with Crippen molar-refractivity contribution in [2.45, 2.75) is 25.9 Å². The Hall–Kier alpha value is -2.01. The maximum atomic E-state index is 12.0. The molecular formula is C13H15N3O2. The van der Waals surface area contributed by atoms with Gasteiger partial charge in [0.2, 0.25) is 5.78 Å². The second-order valence-electron chi connectivity index (χ2n) is 4.04. The van der Waals surface area contributed by atoms with Gasteiger partial charge in [-0.2, -0.15) is 0 Å². The van der Waals surface area contributed by atoms with E-state index in [1.54, 1.807) is 0 Å². The number of ketones is 1. The van der Waals surface area contributed by atoms with Crippen LogP contribution in [0, 0.1) is 0 Å². The average molecular weight is 245 g/mol. The van der Waals surface area contributed by atoms with E-state index in [1.165, 1.54) is 10.9 Å². The predicted octanol–water partition coefficient (Wildman–Crippen LogP) is 1.61. The first kappa shape index (κ1) is 12.4. The summed E-state index contributed by atoms with van der Waals surface area (Å²) in [4.78, 5) is 12.0. The molecule has 1 N–H and O–H groups in total. The highest BCUT2D eigenvalue weighted by molar-refractivity contribution is 5.97. The number of aliphatic hydroxyl groups is 1. The van der Waals surface area contributed by atoms with Gasteiger partial charge in [-0.15, -0.1) is 5.10 Å². The number of Topliss-reactive ketones (excluding diaryl/α,β-unsaturated/α-hetero) is 1. The lowest BCUT2D eigenvalue weighted by molar-refractivity contribution is 0.0721. The Labute approximate surface area is 105 Å². The minimum absolute atomic E-state index is 0.308. The van der Waals surface area contributed by atoms with Crippen LogP contribution in [0.25, 0.3) is 5.69 Å². The summed E-state index contributed by atoms with van der Waals surface area (Å²) >= 11 is 0. The van der Waals surface area contributed by atoms with Gasteiger partial charge in [-0.25, -0.2) is 4.68 Å². The molecule has 0 radical (unpaired) electrons. The molecule has 1 aromatic heterocycles. The van der Waals surface area contributed by atoms with E-state index in [-0.39, 0.29) is 5.78 Å². The average Bonchev–Trinajstić information content (AvgIpc) is 2.88. The number of carbonyl (C=O) groups excluding carboxylic acids is 1. The van der Waals surface area contributed by atoms with E-state index in [2.05, 4.69) is 10.3 Å². The first-order valence-corrected chi connectivity index (χ1v) is 5.92. The molecule has 0 spiro atoms. The number of nitrogens with zero attached hydrogens (tertiary/aromatic N) is 3. The normalized spacial score (nSPS) is 12.3. The van der Waals surface area contributed by atoms with Gasteiger partial charge < -0.3 is 5.11 Å². The molecule has 18 heavy (non-hydrogen) atoms. The summed E-state index contributed by atoms with van der Waals surface area (Å²) in [6, 6.07) is 9.25. The van der Waals surface area contributed by atoms with Crippen LogP contribution < -0.4 is 0 Å². The van der Waals surface area contributed by atoms with Crippen molar-refractivity contribution in [2.75, 3.05) is 0 Å². The van der Waals surface area contributed by atoms with E-state index >= 15 is 0 Å². The van der Waals surface area contributed by atoms with Gasteiger partial charge in [0, 0.05) is 0 Å². The topological polar surface area (TPSA) is 68.0 Å². The van der Waals surface area contributed by atoms with Gasteiger partial charge in [0.25, 0.3) is 0 Å². The third-order valence-corrected chi connectivity index (χ3v) is 2.67. The van der Waals surface area contributed by atoms with Crippen LogP contribution in [-0.4, -0.2) is 32.0 Å².